The van der Waals surface area contributed by atoms with Gasteiger partial charge in [0, 0.05) is 17.6 Å². The van der Waals surface area contributed by atoms with Gasteiger partial charge in [-0.1, -0.05) is 23.7 Å². The Morgan fingerprint density at radius 3 is 2.40 bits per heavy atom. The van der Waals surface area contributed by atoms with Crippen LogP contribution >= 0.6 is 11.6 Å². The Morgan fingerprint density at radius 1 is 1.35 bits per heavy atom. The fraction of sp³-hybridized carbons (Fsp3) is 0.462. The van der Waals surface area contributed by atoms with Crippen LogP contribution in [0.1, 0.15) is 26.3 Å². The van der Waals surface area contributed by atoms with Gasteiger partial charge in [0.25, 0.3) is 0 Å². The molecule has 0 heterocycles. The Morgan fingerprint density at radius 2 is 1.95 bits per heavy atom. The van der Waals surface area contributed by atoms with E-state index in [1.165, 1.54) is 11.2 Å². The van der Waals surface area contributed by atoms with Gasteiger partial charge in [-0.3, -0.25) is 4.79 Å². The second-order valence-corrected chi connectivity index (χ2v) is 7.44. The summed E-state index contributed by atoms with van der Waals surface area (Å²) in [6, 6.07) is 6.49. The first kappa shape index (κ1) is 16.9. The van der Waals surface area contributed by atoms with E-state index in [1.54, 1.807) is 38.1 Å². The van der Waals surface area contributed by atoms with E-state index >= 15 is 0 Å². The Hall–Kier alpha value is -1.11. The lowest BCUT2D eigenvalue weighted by atomic mass is 10.2. The topological polar surface area (TPSA) is 74.7 Å². The van der Waals surface area contributed by atoms with E-state index < -0.39 is 21.2 Å². The second-order valence-electron chi connectivity index (χ2n) is 4.79. The van der Waals surface area contributed by atoms with Gasteiger partial charge < -0.3 is 5.11 Å². The number of benzene rings is 1. The Labute approximate surface area is 124 Å². The highest BCUT2D eigenvalue weighted by atomic mass is 35.5. The van der Waals surface area contributed by atoms with Crippen LogP contribution in [0.25, 0.3) is 0 Å². The molecular weight excluding hydrogens is 302 g/mol. The summed E-state index contributed by atoms with van der Waals surface area (Å²) in [6.07, 6.45) is 0. The molecule has 0 aromatic heterocycles. The summed E-state index contributed by atoms with van der Waals surface area (Å²) in [7, 11) is -3.92. The van der Waals surface area contributed by atoms with Crippen LogP contribution in [0.3, 0.4) is 0 Å². The van der Waals surface area contributed by atoms with Crippen LogP contribution < -0.4 is 0 Å². The number of hydrogen-bond donors (Lipinski definition) is 1. The summed E-state index contributed by atoms with van der Waals surface area (Å²) < 4.78 is 25.8. The molecule has 112 valence electrons. The zero-order chi connectivity index (χ0) is 15.5. The van der Waals surface area contributed by atoms with Crippen LogP contribution in [0.5, 0.6) is 0 Å². The first-order valence-electron chi connectivity index (χ1n) is 6.14. The van der Waals surface area contributed by atoms with E-state index in [4.69, 9.17) is 16.7 Å². The molecule has 1 atom stereocenters. The van der Waals surface area contributed by atoms with Gasteiger partial charge in [-0.25, -0.2) is 8.42 Å². The molecular formula is C13H18ClNO4S. The molecule has 1 unspecified atom stereocenters. The van der Waals surface area contributed by atoms with Gasteiger partial charge in [0.05, 0.1) is 0 Å². The summed E-state index contributed by atoms with van der Waals surface area (Å²) >= 11 is 5.87. The van der Waals surface area contributed by atoms with E-state index in [9.17, 15) is 13.2 Å². The number of nitrogens with zero attached hydrogens (tertiary/aromatic N) is 1. The van der Waals surface area contributed by atoms with Crippen molar-refractivity contribution in [3.05, 3.63) is 34.9 Å². The Bertz CT molecular complexity index is 586. The molecule has 20 heavy (non-hydrogen) atoms. The zero-order valence-electron chi connectivity index (χ0n) is 11.6. The molecule has 1 N–H and O–H groups in total. The number of rotatable bonds is 6. The predicted molar refractivity (Wildman–Crippen MR) is 78.1 cm³/mol. The van der Waals surface area contributed by atoms with E-state index in [1.807, 2.05) is 0 Å². The Kier molecular flexibility index (Phi) is 5.56. The van der Waals surface area contributed by atoms with E-state index in [0.29, 0.717) is 10.6 Å². The first-order chi connectivity index (χ1) is 9.16. The maximum absolute atomic E-state index is 12.3. The largest absolute Gasteiger partial charge is 0.480 e. The fourth-order valence-electron chi connectivity index (χ4n) is 1.71. The molecule has 0 aliphatic carbocycles. The van der Waals surface area contributed by atoms with Crippen molar-refractivity contribution in [2.24, 2.45) is 0 Å². The quantitative estimate of drug-likeness (QED) is 0.873. The van der Waals surface area contributed by atoms with Gasteiger partial charge in [-0.05, 0) is 38.5 Å². The lowest BCUT2D eigenvalue weighted by Crippen LogP contribution is -2.44. The van der Waals surface area contributed by atoms with Crippen LogP contribution in [0.4, 0.5) is 0 Å². The highest BCUT2D eigenvalue weighted by Gasteiger charge is 2.35. The van der Waals surface area contributed by atoms with Gasteiger partial charge >= 0.3 is 5.97 Å². The maximum atomic E-state index is 12.3. The summed E-state index contributed by atoms with van der Waals surface area (Å²) in [5, 5.41) is 7.96. The van der Waals surface area contributed by atoms with Crippen molar-refractivity contribution in [2.75, 3.05) is 0 Å². The number of aliphatic carboxylic acids is 1. The van der Waals surface area contributed by atoms with Gasteiger partial charge in [0.15, 0.2) is 5.25 Å². The highest BCUT2D eigenvalue weighted by Crippen LogP contribution is 2.19. The molecule has 0 saturated heterocycles. The van der Waals surface area contributed by atoms with Crippen LogP contribution in [0.2, 0.25) is 5.02 Å². The lowest BCUT2D eigenvalue weighted by Gasteiger charge is -2.27. The average Bonchev–Trinajstić information content (AvgIpc) is 2.34. The highest BCUT2D eigenvalue weighted by molar-refractivity contribution is 7.90. The monoisotopic (exact) mass is 319 g/mol. The summed E-state index contributed by atoms with van der Waals surface area (Å²) in [5.41, 5.74) is 0.715. The van der Waals surface area contributed by atoms with Crippen LogP contribution in [0, 0.1) is 0 Å². The van der Waals surface area contributed by atoms with Crippen molar-refractivity contribution < 1.29 is 18.3 Å². The number of halogens is 1. The standard InChI is InChI=1S/C13H18ClNO4S/c1-9(2)15(20(18,19)10(3)13(16)17)8-11-5-4-6-12(14)7-11/h4-7,9-10H,8H2,1-3H3,(H,16,17). The molecule has 0 fully saturated rings. The average molecular weight is 320 g/mol. The molecule has 0 saturated carbocycles. The van der Waals surface area contributed by atoms with Crippen molar-refractivity contribution in [2.45, 2.75) is 38.6 Å². The molecule has 1 aromatic rings. The maximum Gasteiger partial charge on any atom is 0.323 e. The minimum atomic E-state index is -3.92. The van der Waals surface area contributed by atoms with Gasteiger partial charge in [0.1, 0.15) is 0 Å². The molecule has 0 bridgehead atoms. The third kappa shape index (κ3) is 3.94. The van der Waals surface area contributed by atoms with Crippen molar-refractivity contribution >= 4 is 27.6 Å². The van der Waals surface area contributed by atoms with Crippen molar-refractivity contribution in [3.8, 4) is 0 Å². The summed E-state index contributed by atoms with van der Waals surface area (Å²) in [5.74, 6) is -1.36. The van der Waals surface area contributed by atoms with Crippen LogP contribution in [-0.4, -0.2) is 35.1 Å². The molecule has 0 aliphatic rings. The van der Waals surface area contributed by atoms with Crippen molar-refractivity contribution in [1.82, 2.24) is 4.31 Å². The molecule has 5 nitrogen and oxygen atoms in total. The first-order valence-corrected chi connectivity index (χ1v) is 8.02. The lowest BCUT2D eigenvalue weighted by molar-refractivity contribution is -0.136. The molecule has 7 heteroatoms. The van der Waals surface area contributed by atoms with Gasteiger partial charge in [0.2, 0.25) is 10.0 Å². The van der Waals surface area contributed by atoms with Crippen molar-refractivity contribution in [1.29, 1.82) is 0 Å². The minimum Gasteiger partial charge on any atom is -0.480 e. The number of sulfonamides is 1. The molecule has 1 rings (SSSR count). The Balaban J connectivity index is 3.10. The fourth-order valence-corrected chi connectivity index (χ4v) is 3.50. The number of carboxylic acids is 1. The SMILES string of the molecule is CC(C)N(Cc1cccc(Cl)c1)S(=O)(=O)C(C)C(=O)O. The second kappa shape index (κ2) is 6.56. The van der Waals surface area contributed by atoms with Gasteiger partial charge in [-0.2, -0.15) is 4.31 Å². The molecule has 0 amide bonds. The molecule has 0 aliphatic heterocycles. The van der Waals surface area contributed by atoms with Crippen LogP contribution in [0.15, 0.2) is 24.3 Å². The summed E-state index contributed by atoms with van der Waals surface area (Å²) in [4.78, 5) is 11.0. The van der Waals surface area contributed by atoms with E-state index in [0.717, 1.165) is 0 Å². The molecule has 0 spiro atoms. The number of carboxylic acid groups (broad SMARTS) is 1. The minimum absolute atomic E-state index is 0.0954. The van der Waals surface area contributed by atoms with E-state index in [2.05, 4.69) is 0 Å². The van der Waals surface area contributed by atoms with Crippen molar-refractivity contribution in [3.63, 3.8) is 0 Å². The molecule has 0 radical (unpaired) electrons. The smallest absolute Gasteiger partial charge is 0.323 e. The van der Waals surface area contributed by atoms with E-state index in [-0.39, 0.29) is 12.6 Å². The zero-order valence-corrected chi connectivity index (χ0v) is 13.1. The van der Waals surface area contributed by atoms with Gasteiger partial charge in [-0.15, -0.1) is 0 Å². The third-order valence-corrected chi connectivity index (χ3v) is 5.46. The summed E-state index contributed by atoms with van der Waals surface area (Å²) in [6.45, 7) is 4.68. The third-order valence-electron chi connectivity index (χ3n) is 2.92. The predicted octanol–water partition coefficient (Wildman–Crippen LogP) is 2.35. The normalized spacial score (nSPS) is 13.7. The van der Waals surface area contributed by atoms with Crippen LogP contribution in [-0.2, 0) is 21.4 Å². The molecule has 1 aromatic carbocycles. The number of hydrogen-bond acceptors (Lipinski definition) is 3. The number of carbonyl (C=O) groups is 1.